The van der Waals surface area contributed by atoms with Crippen LogP contribution in [0, 0.1) is 6.92 Å². The molecule has 162 valence electrons. The lowest BCUT2D eigenvalue weighted by Crippen LogP contribution is -2.50. The second-order valence-corrected chi connectivity index (χ2v) is 7.68. The summed E-state index contributed by atoms with van der Waals surface area (Å²) in [7, 11) is 0. The second kappa shape index (κ2) is 8.62. The number of anilines is 1. The predicted molar refractivity (Wildman–Crippen MR) is 120 cm³/mol. The number of para-hydroxylation sites is 1. The first kappa shape index (κ1) is 19.9. The van der Waals surface area contributed by atoms with Gasteiger partial charge in [0.05, 0.1) is 5.69 Å². The van der Waals surface area contributed by atoms with Crippen LogP contribution in [-0.2, 0) is 4.79 Å². The van der Waals surface area contributed by atoms with E-state index in [1.807, 2.05) is 66.4 Å². The number of hydrogen-bond acceptors (Lipinski definition) is 7. The fourth-order valence-corrected chi connectivity index (χ4v) is 3.75. The summed E-state index contributed by atoms with van der Waals surface area (Å²) in [6.45, 7) is 4.54. The van der Waals surface area contributed by atoms with Crippen LogP contribution in [0.3, 0.4) is 0 Å². The van der Waals surface area contributed by atoms with Gasteiger partial charge in [0, 0.05) is 26.2 Å². The maximum atomic E-state index is 12.6. The summed E-state index contributed by atoms with van der Waals surface area (Å²) in [6, 6.07) is 17.5. The number of aromatic nitrogens is 5. The number of benzene rings is 2. The quantitative estimate of drug-likeness (QED) is 0.481. The van der Waals surface area contributed by atoms with E-state index in [1.54, 1.807) is 4.68 Å². The number of rotatable bonds is 5. The maximum absolute atomic E-state index is 12.6. The normalized spacial score (nSPS) is 14.0. The smallest absolute Gasteiger partial charge is 0.260 e. The predicted octanol–water partition coefficient (Wildman–Crippen LogP) is 2.25. The van der Waals surface area contributed by atoms with Crippen LogP contribution in [0.4, 0.5) is 5.82 Å². The van der Waals surface area contributed by atoms with Crippen LogP contribution in [0.1, 0.15) is 5.56 Å². The number of carbonyl (C=O) groups is 1. The fraction of sp³-hybridized carbons (Fsp3) is 0.261. The third-order valence-electron chi connectivity index (χ3n) is 5.53. The molecule has 4 aromatic rings. The summed E-state index contributed by atoms with van der Waals surface area (Å²) in [6.07, 6.45) is 1.54. The van der Waals surface area contributed by atoms with E-state index in [2.05, 4.69) is 25.2 Å². The molecule has 0 aliphatic carbocycles. The Labute approximate surface area is 185 Å². The lowest BCUT2D eigenvalue weighted by Gasteiger charge is -2.35. The first-order valence-electron chi connectivity index (χ1n) is 10.5. The van der Waals surface area contributed by atoms with Crippen molar-refractivity contribution in [3.63, 3.8) is 0 Å². The molecule has 0 N–H and O–H groups in total. The minimum atomic E-state index is -0.0203. The van der Waals surface area contributed by atoms with Crippen molar-refractivity contribution in [3.8, 4) is 11.4 Å². The highest BCUT2D eigenvalue weighted by Crippen LogP contribution is 2.23. The lowest BCUT2D eigenvalue weighted by molar-refractivity contribution is -0.133. The Balaban J connectivity index is 1.25. The molecule has 1 saturated heterocycles. The zero-order valence-electron chi connectivity index (χ0n) is 17.8. The number of carbonyl (C=O) groups excluding carboxylic acids is 1. The van der Waals surface area contributed by atoms with Crippen molar-refractivity contribution >= 4 is 22.9 Å². The van der Waals surface area contributed by atoms with E-state index < -0.39 is 0 Å². The van der Waals surface area contributed by atoms with Gasteiger partial charge in [-0.2, -0.15) is 4.68 Å². The van der Waals surface area contributed by atoms with Crippen LogP contribution < -0.4 is 9.64 Å². The zero-order chi connectivity index (χ0) is 21.9. The first-order valence-corrected chi connectivity index (χ1v) is 10.5. The Morgan fingerprint density at radius 1 is 0.969 bits per heavy atom. The average molecular weight is 429 g/mol. The van der Waals surface area contributed by atoms with Crippen molar-refractivity contribution in [1.29, 1.82) is 0 Å². The van der Waals surface area contributed by atoms with Crippen molar-refractivity contribution < 1.29 is 9.53 Å². The maximum Gasteiger partial charge on any atom is 0.260 e. The van der Waals surface area contributed by atoms with E-state index >= 15 is 0 Å². The molecule has 1 aliphatic heterocycles. The van der Waals surface area contributed by atoms with Gasteiger partial charge in [0.15, 0.2) is 23.6 Å². The summed E-state index contributed by atoms with van der Waals surface area (Å²) >= 11 is 0. The Kier molecular flexibility index (Phi) is 5.37. The summed E-state index contributed by atoms with van der Waals surface area (Å²) in [5.41, 5.74) is 3.36. The van der Waals surface area contributed by atoms with E-state index in [-0.39, 0.29) is 12.5 Å². The lowest BCUT2D eigenvalue weighted by atomic mass is 10.2. The number of piperazine rings is 1. The van der Waals surface area contributed by atoms with Crippen LogP contribution in [0.5, 0.6) is 5.75 Å². The zero-order valence-corrected chi connectivity index (χ0v) is 17.8. The molecule has 2 aromatic carbocycles. The fourth-order valence-electron chi connectivity index (χ4n) is 3.75. The van der Waals surface area contributed by atoms with Crippen molar-refractivity contribution in [2.45, 2.75) is 6.92 Å². The molecule has 1 fully saturated rings. The van der Waals surface area contributed by atoms with E-state index in [0.717, 1.165) is 17.1 Å². The van der Waals surface area contributed by atoms with Crippen molar-refractivity contribution in [2.75, 3.05) is 37.7 Å². The minimum Gasteiger partial charge on any atom is -0.484 e. The molecular weight excluding hydrogens is 406 g/mol. The minimum absolute atomic E-state index is 0.0203. The highest BCUT2D eigenvalue weighted by atomic mass is 16.5. The van der Waals surface area contributed by atoms with Crippen molar-refractivity contribution in [3.05, 3.63) is 66.5 Å². The van der Waals surface area contributed by atoms with Gasteiger partial charge in [-0.25, -0.2) is 9.97 Å². The van der Waals surface area contributed by atoms with Crippen LogP contribution >= 0.6 is 0 Å². The number of ether oxygens (including phenoxy) is 1. The van der Waals surface area contributed by atoms with Crippen LogP contribution in [0.2, 0.25) is 0 Å². The summed E-state index contributed by atoms with van der Waals surface area (Å²) in [5.74, 6) is 1.42. The molecule has 9 nitrogen and oxygen atoms in total. The summed E-state index contributed by atoms with van der Waals surface area (Å²) in [4.78, 5) is 25.4. The van der Waals surface area contributed by atoms with Gasteiger partial charge in [0.1, 0.15) is 12.1 Å². The van der Waals surface area contributed by atoms with Gasteiger partial charge in [-0.1, -0.05) is 41.1 Å². The van der Waals surface area contributed by atoms with E-state index in [1.165, 1.54) is 6.33 Å². The summed E-state index contributed by atoms with van der Waals surface area (Å²) < 4.78 is 7.35. The molecule has 5 rings (SSSR count). The molecule has 32 heavy (non-hydrogen) atoms. The largest absolute Gasteiger partial charge is 0.484 e. The molecule has 2 aromatic heterocycles. The Hall–Kier alpha value is -4.01. The number of aryl methyl sites for hydroxylation is 1. The van der Waals surface area contributed by atoms with Gasteiger partial charge in [0.25, 0.3) is 5.91 Å². The molecule has 9 heteroatoms. The topological polar surface area (TPSA) is 89.3 Å². The molecule has 0 unspecified atom stereocenters. The van der Waals surface area contributed by atoms with Gasteiger partial charge in [-0.3, -0.25) is 4.79 Å². The van der Waals surface area contributed by atoms with Gasteiger partial charge < -0.3 is 14.5 Å². The number of amides is 1. The molecule has 1 aliphatic rings. The SMILES string of the molecule is Cc1ccc(OCC(=O)N2CCN(c3ncnc4c3nnn4-c3ccccc3)CC2)cc1. The standard InChI is InChI=1S/C23H23N7O2/c1-17-7-9-19(10-8-17)32-15-20(31)28-11-13-29(14-12-28)22-21-23(25-16-24-22)30(27-26-21)18-5-3-2-4-6-18/h2-10,16H,11-15H2,1H3. The molecular formula is C23H23N7O2. The Morgan fingerprint density at radius 3 is 2.47 bits per heavy atom. The second-order valence-electron chi connectivity index (χ2n) is 7.68. The third-order valence-corrected chi connectivity index (χ3v) is 5.53. The van der Waals surface area contributed by atoms with Gasteiger partial charge in [0.2, 0.25) is 0 Å². The Morgan fingerprint density at radius 2 is 1.72 bits per heavy atom. The highest BCUT2D eigenvalue weighted by molar-refractivity contribution is 5.84. The third kappa shape index (κ3) is 3.96. The van der Waals surface area contributed by atoms with Crippen molar-refractivity contribution in [2.24, 2.45) is 0 Å². The highest BCUT2D eigenvalue weighted by Gasteiger charge is 2.25. The van der Waals surface area contributed by atoms with E-state index in [9.17, 15) is 4.79 Å². The van der Waals surface area contributed by atoms with E-state index in [4.69, 9.17) is 4.74 Å². The van der Waals surface area contributed by atoms with Crippen LogP contribution in [0.25, 0.3) is 16.9 Å². The number of hydrogen-bond donors (Lipinski definition) is 0. The Bertz CT molecular complexity index is 1220. The van der Waals surface area contributed by atoms with Gasteiger partial charge in [-0.05, 0) is 31.2 Å². The monoisotopic (exact) mass is 429 g/mol. The first-order chi connectivity index (χ1) is 15.7. The molecule has 0 bridgehead atoms. The molecule has 3 heterocycles. The summed E-state index contributed by atoms with van der Waals surface area (Å²) in [5, 5.41) is 8.62. The number of nitrogens with zero attached hydrogens (tertiary/aromatic N) is 7. The average Bonchev–Trinajstić information content (AvgIpc) is 3.28. The van der Waals surface area contributed by atoms with E-state index in [0.29, 0.717) is 43.1 Å². The molecule has 0 atom stereocenters. The molecule has 0 spiro atoms. The van der Waals surface area contributed by atoms with Crippen LogP contribution in [-0.4, -0.2) is 68.6 Å². The van der Waals surface area contributed by atoms with Crippen molar-refractivity contribution in [1.82, 2.24) is 29.9 Å². The van der Waals surface area contributed by atoms with Gasteiger partial charge >= 0.3 is 0 Å². The number of fused-ring (bicyclic) bond motifs is 1. The molecule has 0 saturated carbocycles. The van der Waals surface area contributed by atoms with Crippen LogP contribution in [0.15, 0.2) is 60.9 Å². The van der Waals surface area contributed by atoms with Gasteiger partial charge in [-0.15, -0.1) is 5.10 Å². The molecule has 0 radical (unpaired) electrons. The molecule has 1 amide bonds.